The molecule has 1 heterocycles. The van der Waals surface area contributed by atoms with Crippen molar-refractivity contribution in [3.8, 4) is 17.1 Å². The number of ether oxygens (including phenoxy) is 1. The summed E-state index contributed by atoms with van der Waals surface area (Å²) in [5.41, 5.74) is 2.93. The molecular weight excluding hydrogens is 536 g/mol. The zero-order valence-corrected chi connectivity index (χ0v) is 21.9. The molecule has 0 fully saturated rings. The molecule has 0 saturated heterocycles. The minimum atomic E-state index is -4.94. The molecule has 0 aliphatic rings. The number of rotatable bonds is 7. The minimum Gasteiger partial charge on any atom is -0.496 e. The monoisotopic (exact) mass is 558 g/mol. The molecule has 0 unspecified atom stereocenters. The van der Waals surface area contributed by atoms with E-state index in [2.05, 4.69) is 0 Å². The van der Waals surface area contributed by atoms with Crippen molar-refractivity contribution < 1.29 is 47.6 Å². The second kappa shape index (κ2) is 12.6. The molecule has 1 aromatic heterocycles. The average Bonchev–Trinajstić information content (AvgIpc) is 2.97. The van der Waals surface area contributed by atoms with E-state index in [1.54, 1.807) is 67.8 Å². The maximum Gasteiger partial charge on any atom is 0.364 e. The number of ketones is 2. The van der Waals surface area contributed by atoms with E-state index in [1.807, 2.05) is 54.6 Å². The molecule has 0 aliphatic heterocycles. The smallest absolute Gasteiger partial charge is 0.364 e. The predicted molar refractivity (Wildman–Crippen MR) is 137 cm³/mol. The van der Waals surface area contributed by atoms with E-state index < -0.39 is 16.2 Å². The summed E-state index contributed by atoms with van der Waals surface area (Å²) in [6.07, 6.45) is 0. The Labute approximate surface area is 232 Å². The number of fused-ring (bicyclic) bond motifs is 1. The summed E-state index contributed by atoms with van der Waals surface area (Å²) >= 11 is 0. The summed E-state index contributed by atoms with van der Waals surface area (Å²) in [4.78, 5) is 27.8. The van der Waals surface area contributed by atoms with Gasteiger partial charge >= 0.3 is 11.3 Å². The molecule has 0 atom stereocenters. The van der Waals surface area contributed by atoms with Crippen molar-refractivity contribution in [2.75, 3.05) is 7.11 Å². The minimum absolute atomic E-state index is 0.262. The van der Waals surface area contributed by atoms with Crippen molar-refractivity contribution in [2.24, 2.45) is 0 Å². The average molecular weight is 559 g/mol. The van der Waals surface area contributed by atoms with Gasteiger partial charge in [0.2, 0.25) is 0 Å². The Morgan fingerprint density at radius 2 is 1.18 bits per heavy atom. The fraction of sp³-hybridized carbons (Fsp3) is 0.0645. The lowest BCUT2D eigenvalue weighted by atomic mass is 9.82. The van der Waals surface area contributed by atoms with Gasteiger partial charge in [0, 0.05) is 17.2 Å². The second-order valence-corrected chi connectivity index (χ2v) is 9.32. The summed E-state index contributed by atoms with van der Waals surface area (Å²) < 4.78 is 45.6. The summed E-state index contributed by atoms with van der Waals surface area (Å²) in [5, 5.41) is 0.684. The number of carbonyl (C=O) groups is 2. The van der Waals surface area contributed by atoms with Crippen molar-refractivity contribution >= 4 is 22.5 Å². The van der Waals surface area contributed by atoms with E-state index >= 15 is 0 Å². The standard InChI is InChI=1S/C31H23O4.ClHO4/c1-34-24-17-18-25-26(20-27(35-28(25)19-24)21-11-5-2-6-12-21)29(30(32)22-13-7-3-8-14-22)31(33)23-15-9-4-10-16-23;2-1(3,4)5/h2-20,29H,1H3;(H,2,3,4,5)/q+1;/p-1. The number of hydrogen-bond acceptors (Lipinski definition) is 7. The third-order valence-electron chi connectivity index (χ3n) is 6.02. The van der Waals surface area contributed by atoms with Gasteiger partial charge in [-0.3, -0.25) is 9.59 Å². The summed E-state index contributed by atoms with van der Waals surface area (Å²) in [6.45, 7) is 0. The highest BCUT2D eigenvalue weighted by Crippen LogP contribution is 2.36. The van der Waals surface area contributed by atoms with Crippen LogP contribution >= 0.6 is 0 Å². The van der Waals surface area contributed by atoms with E-state index in [0.29, 0.717) is 39.2 Å². The zero-order valence-electron chi connectivity index (χ0n) is 21.2. The largest absolute Gasteiger partial charge is 0.496 e. The van der Waals surface area contributed by atoms with Crippen molar-refractivity contribution in [3.63, 3.8) is 0 Å². The van der Waals surface area contributed by atoms with Crippen LogP contribution in [0.2, 0.25) is 0 Å². The molecule has 8 nitrogen and oxygen atoms in total. The maximum atomic E-state index is 13.9. The molecule has 5 rings (SSSR count). The Morgan fingerprint density at radius 3 is 1.65 bits per heavy atom. The van der Waals surface area contributed by atoms with Crippen molar-refractivity contribution in [2.45, 2.75) is 5.92 Å². The van der Waals surface area contributed by atoms with Gasteiger partial charge in [0.25, 0.3) is 0 Å². The lowest BCUT2D eigenvalue weighted by Crippen LogP contribution is -2.68. The van der Waals surface area contributed by atoms with E-state index in [4.69, 9.17) is 27.8 Å². The van der Waals surface area contributed by atoms with Gasteiger partial charge in [-0.25, -0.2) is 23.1 Å². The fourth-order valence-corrected chi connectivity index (χ4v) is 4.24. The molecule has 0 aliphatic carbocycles. The van der Waals surface area contributed by atoms with Crippen LogP contribution in [0.4, 0.5) is 0 Å². The van der Waals surface area contributed by atoms with E-state index in [0.717, 1.165) is 5.56 Å². The second-order valence-electron chi connectivity index (χ2n) is 8.57. The highest BCUT2D eigenvalue weighted by atomic mass is 35.7. The molecule has 4 aromatic carbocycles. The van der Waals surface area contributed by atoms with Crippen LogP contribution in [0.3, 0.4) is 0 Å². The zero-order chi connectivity index (χ0) is 28.7. The quantitative estimate of drug-likeness (QED) is 0.168. The lowest BCUT2D eigenvalue weighted by molar-refractivity contribution is -2.00. The molecule has 0 spiro atoms. The first-order chi connectivity index (χ1) is 19.2. The summed E-state index contributed by atoms with van der Waals surface area (Å²) in [5.74, 6) is -0.385. The first-order valence-corrected chi connectivity index (χ1v) is 13.2. The van der Waals surface area contributed by atoms with Gasteiger partial charge in [-0.2, -0.15) is 0 Å². The lowest BCUT2D eigenvalue weighted by Gasteiger charge is -2.17. The molecule has 5 aromatic rings. The topological polar surface area (TPSA) is 147 Å². The molecule has 0 saturated carbocycles. The van der Waals surface area contributed by atoms with Crippen LogP contribution in [-0.4, -0.2) is 18.7 Å². The molecule has 0 bridgehead atoms. The highest BCUT2D eigenvalue weighted by molar-refractivity contribution is 6.21. The number of carbonyl (C=O) groups excluding carboxylic acids is 2. The van der Waals surface area contributed by atoms with Crippen LogP contribution in [0.25, 0.3) is 22.3 Å². The van der Waals surface area contributed by atoms with Crippen LogP contribution in [-0.2, 0) is 0 Å². The molecule has 202 valence electrons. The van der Waals surface area contributed by atoms with Gasteiger partial charge in [0.15, 0.2) is 11.6 Å². The molecule has 0 radical (unpaired) electrons. The molecule has 0 N–H and O–H groups in total. The molecular formula is C31H23ClO8. The van der Waals surface area contributed by atoms with Crippen LogP contribution in [0, 0.1) is 10.2 Å². The van der Waals surface area contributed by atoms with E-state index in [9.17, 15) is 9.59 Å². The predicted octanol–water partition coefficient (Wildman–Crippen LogP) is 2.48. The first-order valence-electron chi connectivity index (χ1n) is 12.0. The Kier molecular flexibility index (Phi) is 9.00. The van der Waals surface area contributed by atoms with E-state index in [-0.39, 0.29) is 11.6 Å². The van der Waals surface area contributed by atoms with Crippen LogP contribution in [0.5, 0.6) is 5.75 Å². The van der Waals surface area contributed by atoms with Gasteiger partial charge < -0.3 is 4.74 Å². The number of benzene rings is 4. The number of halogens is 1. The highest BCUT2D eigenvalue weighted by Gasteiger charge is 2.35. The first kappa shape index (κ1) is 28.6. The molecule has 0 amide bonds. The van der Waals surface area contributed by atoms with Gasteiger partial charge in [-0.1, -0.05) is 78.9 Å². The Balaban J connectivity index is 0.000000681. The van der Waals surface area contributed by atoms with E-state index in [1.165, 1.54) is 0 Å². The summed E-state index contributed by atoms with van der Waals surface area (Å²) in [6, 6.07) is 34.7. The maximum absolute atomic E-state index is 13.9. The third-order valence-corrected chi connectivity index (χ3v) is 6.02. The number of Topliss-reactive ketones (excluding diaryl/α,β-unsaturated/α-hetero) is 2. The number of methoxy groups -OCH3 is 1. The fourth-order valence-electron chi connectivity index (χ4n) is 4.24. The van der Waals surface area contributed by atoms with Gasteiger partial charge in [-0.05, 0) is 29.8 Å². The SMILES string of the molecule is COc1ccc2c(C(C(=O)c3ccccc3)C(=O)c3ccccc3)cc(-c3ccccc3)[o+]c2c1.[O-][Cl+3]([O-])([O-])[O-]. The van der Waals surface area contributed by atoms with Gasteiger partial charge in [-0.15, -0.1) is 10.2 Å². The Bertz CT molecular complexity index is 1540. The number of hydrogen-bond donors (Lipinski definition) is 0. The Hall–Kier alpha value is -4.44. The third kappa shape index (κ3) is 7.15. The van der Waals surface area contributed by atoms with Crippen LogP contribution < -0.4 is 23.4 Å². The van der Waals surface area contributed by atoms with Crippen LogP contribution in [0.15, 0.2) is 120 Å². The van der Waals surface area contributed by atoms with Crippen LogP contribution in [0.1, 0.15) is 32.2 Å². The van der Waals surface area contributed by atoms with Gasteiger partial charge in [0.1, 0.15) is 11.7 Å². The normalized spacial score (nSPS) is 11.1. The van der Waals surface area contributed by atoms with Gasteiger partial charge in [0.05, 0.1) is 24.1 Å². The van der Waals surface area contributed by atoms with Crippen molar-refractivity contribution in [3.05, 3.63) is 132 Å². The molecule has 40 heavy (non-hydrogen) atoms. The summed E-state index contributed by atoms with van der Waals surface area (Å²) in [7, 11) is -3.36. The molecule has 9 heteroatoms. The Morgan fingerprint density at radius 1 is 0.700 bits per heavy atom. The van der Waals surface area contributed by atoms with Crippen molar-refractivity contribution in [1.82, 2.24) is 0 Å². The van der Waals surface area contributed by atoms with Crippen molar-refractivity contribution in [1.29, 1.82) is 0 Å².